The highest BCUT2D eigenvalue weighted by Gasteiger charge is 2.33. The van der Waals surface area contributed by atoms with Crippen LogP contribution in [0.15, 0.2) is 41.3 Å². The predicted octanol–water partition coefficient (Wildman–Crippen LogP) is 3.52. The molecule has 6 nitrogen and oxygen atoms in total. The average Bonchev–Trinajstić information content (AvgIpc) is 2.74. The Hall–Kier alpha value is -2.52. The smallest absolute Gasteiger partial charge is 0.243 e. The normalized spacial score (nSPS) is 15.5. The first kappa shape index (κ1) is 24.1. The van der Waals surface area contributed by atoms with Crippen molar-refractivity contribution in [1.82, 2.24) is 9.21 Å². The third-order valence-electron chi connectivity index (χ3n) is 5.60. The molecule has 1 fully saturated rings. The van der Waals surface area contributed by atoms with E-state index in [1.807, 2.05) is 26.0 Å². The number of aryl methyl sites for hydroxylation is 2. The standard InChI is InChI=1S/C23H28F2N2O4S/c1-16-12-17(2)14-19(13-16)31-11-10-26(3)23(28)18-6-8-27(9-7-18)32(29,30)20-4-5-21(24)22(25)15-20/h4-5,12-15,18H,6-11H2,1-3H3. The van der Waals surface area contributed by atoms with Crippen molar-refractivity contribution in [2.75, 3.05) is 33.3 Å². The van der Waals surface area contributed by atoms with E-state index in [0.717, 1.165) is 29.0 Å². The quantitative estimate of drug-likeness (QED) is 0.626. The van der Waals surface area contributed by atoms with E-state index < -0.39 is 21.7 Å². The SMILES string of the molecule is Cc1cc(C)cc(OCCN(C)C(=O)C2CCN(S(=O)(=O)c3ccc(F)c(F)c3)CC2)c1. The van der Waals surface area contributed by atoms with Crippen LogP contribution < -0.4 is 4.74 Å². The van der Waals surface area contributed by atoms with E-state index in [2.05, 4.69) is 6.07 Å². The molecule has 1 aliphatic rings. The van der Waals surface area contributed by atoms with Crippen molar-refractivity contribution in [3.8, 4) is 5.75 Å². The Bertz CT molecular complexity index is 1060. The average molecular weight is 467 g/mol. The fraction of sp³-hybridized carbons (Fsp3) is 0.435. The summed E-state index contributed by atoms with van der Waals surface area (Å²) in [6.45, 7) is 5.05. The zero-order valence-corrected chi connectivity index (χ0v) is 19.3. The van der Waals surface area contributed by atoms with Crippen LogP contribution in [0.1, 0.15) is 24.0 Å². The molecule has 0 aliphatic carbocycles. The molecular formula is C23H28F2N2O4S. The number of piperidine rings is 1. The maximum absolute atomic E-state index is 13.5. The van der Waals surface area contributed by atoms with Gasteiger partial charge in [0.1, 0.15) is 12.4 Å². The van der Waals surface area contributed by atoms with Crippen molar-refractivity contribution < 1.29 is 26.7 Å². The Kier molecular flexibility index (Phi) is 7.51. The molecule has 0 N–H and O–H groups in total. The van der Waals surface area contributed by atoms with Gasteiger partial charge in [0.2, 0.25) is 15.9 Å². The molecule has 0 spiro atoms. The van der Waals surface area contributed by atoms with Gasteiger partial charge in [0.05, 0.1) is 11.4 Å². The first-order chi connectivity index (χ1) is 15.1. The van der Waals surface area contributed by atoms with Crippen molar-refractivity contribution in [2.24, 2.45) is 5.92 Å². The molecule has 174 valence electrons. The number of rotatable bonds is 7. The van der Waals surface area contributed by atoms with E-state index in [4.69, 9.17) is 4.74 Å². The molecule has 0 bridgehead atoms. The zero-order valence-electron chi connectivity index (χ0n) is 18.5. The first-order valence-corrected chi connectivity index (χ1v) is 11.9. The van der Waals surface area contributed by atoms with Gasteiger partial charge in [0, 0.05) is 26.1 Å². The van der Waals surface area contributed by atoms with Gasteiger partial charge in [-0.05, 0) is 68.1 Å². The van der Waals surface area contributed by atoms with Crippen molar-refractivity contribution in [3.63, 3.8) is 0 Å². The Labute approximate surface area is 187 Å². The molecule has 2 aromatic rings. The van der Waals surface area contributed by atoms with Crippen LogP contribution in [0.3, 0.4) is 0 Å². The molecule has 0 radical (unpaired) electrons. The number of halogens is 2. The summed E-state index contributed by atoms with van der Waals surface area (Å²) in [5, 5.41) is 0. The topological polar surface area (TPSA) is 66.9 Å². The zero-order chi connectivity index (χ0) is 23.5. The highest BCUT2D eigenvalue weighted by molar-refractivity contribution is 7.89. The number of carbonyl (C=O) groups excluding carboxylic acids is 1. The molecule has 2 aromatic carbocycles. The van der Waals surface area contributed by atoms with Gasteiger partial charge in [0.15, 0.2) is 11.6 Å². The highest BCUT2D eigenvalue weighted by atomic mass is 32.2. The van der Waals surface area contributed by atoms with Crippen LogP contribution in [-0.4, -0.2) is 56.8 Å². The van der Waals surface area contributed by atoms with Gasteiger partial charge in [0.25, 0.3) is 0 Å². The summed E-state index contributed by atoms with van der Waals surface area (Å²) in [7, 11) is -2.23. The number of hydrogen-bond acceptors (Lipinski definition) is 4. The molecule has 9 heteroatoms. The van der Waals surface area contributed by atoms with Crippen molar-refractivity contribution in [2.45, 2.75) is 31.6 Å². The van der Waals surface area contributed by atoms with Gasteiger partial charge < -0.3 is 9.64 Å². The minimum atomic E-state index is -3.94. The number of sulfonamides is 1. The summed E-state index contributed by atoms with van der Waals surface area (Å²) in [6, 6.07) is 8.48. The van der Waals surface area contributed by atoms with E-state index in [9.17, 15) is 22.0 Å². The molecule has 1 saturated heterocycles. The molecule has 0 atom stereocenters. The minimum Gasteiger partial charge on any atom is -0.492 e. The Morgan fingerprint density at radius 3 is 2.28 bits per heavy atom. The Morgan fingerprint density at radius 1 is 1.06 bits per heavy atom. The second-order valence-electron chi connectivity index (χ2n) is 8.19. The fourth-order valence-electron chi connectivity index (χ4n) is 3.87. The molecule has 1 amide bonds. The molecular weight excluding hydrogens is 438 g/mol. The number of hydrogen-bond donors (Lipinski definition) is 0. The van der Waals surface area contributed by atoms with Gasteiger partial charge >= 0.3 is 0 Å². The van der Waals surface area contributed by atoms with Crippen molar-refractivity contribution in [1.29, 1.82) is 0 Å². The predicted molar refractivity (Wildman–Crippen MR) is 117 cm³/mol. The number of ether oxygens (including phenoxy) is 1. The molecule has 0 aromatic heterocycles. The van der Waals surface area contributed by atoms with Gasteiger partial charge in [-0.3, -0.25) is 4.79 Å². The second kappa shape index (κ2) is 9.95. The third-order valence-corrected chi connectivity index (χ3v) is 7.49. The highest BCUT2D eigenvalue weighted by Crippen LogP contribution is 2.26. The van der Waals surface area contributed by atoms with Crippen LogP contribution in [0.25, 0.3) is 0 Å². The van der Waals surface area contributed by atoms with Gasteiger partial charge in [-0.25, -0.2) is 17.2 Å². The van der Waals surface area contributed by atoms with Crippen LogP contribution in [0.4, 0.5) is 8.78 Å². The molecule has 1 aliphatic heterocycles. The van der Waals surface area contributed by atoms with Crippen molar-refractivity contribution >= 4 is 15.9 Å². The van der Waals surface area contributed by atoms with E-state index in [0.29, 0.717) is 32.1 Å². The van der Waals surface area contributed by atoms with E-state index in [1.54, 1.807) is 11.9 Å². The number of amides is 1. The summed E-state index contributed by atoms with van der Waals surface area (Å²) in [5.74, 6) is -1.89. The Morgan fingerprint density at radius 2 is 1.69 bits per heavy atom. The fourth-order valence-corrected chi connectivity index (χ4v) is 5.35. The first-order valence-electron chi connectivity index (χ1n) is 10.5. The molecule has 0 saturated carbocycles. The van der Waals surface area contributed by atoms with Crippen molar-refractivity contribution in [3.05, 3.63) is 59.2 Å². The Balaban J connectivity index is 1.51. The van der Waals surface area contributed by atoms with Gasteiger partial charge in [-0.1, -0.05) is 6.07 Å². The summed E-state index contributed by atoms with van der Waals surface area (Å²) >= 11 is 0. The van der Waals surface area contributed by atoms with E-state index in [-0.39, 0.29) is 29.8 Å². The maximum atomic E-state index is 13.5. The van der Waals surface area contributed by atoms with Crippen LogP contribution in [0, 0.1) is 31.4 Å². The summed E-state index contributed by atoms with van der Waals surface area (Å²) in [4.78, 5) is 14.1. The van der Waals surface area contributed by atoms with E-state index >= 15 is 0 Å². The monoisotopic (exact) mass is 466 g/mol. The molecule has 3 rings (SSSR count). The van der Waals surface area contributed by atoms with Gasteiger partial charge in [-0.2, -0.15) is 4.31 Å². The number of carbonyl (C=O) groups is 1. The third kappa shape index (κ3) is 5.63. The lowest BCUT2D eigenvalue weighted by Gasteiger charge is -2.32. The summed E-state index contributed by atoms with van der Waals surface area (Å²) in [5.41, 5.74) is 2.21. The lowest BCUT2D eigenvalue weighted by molar-refractivity contribution is -0.135. The van der Waals surface area contributed by atoms with Crippen LogP contribution in [-0.2, 0) is 14.8 Å². The van der Waals surface area contributed by atoms with Crippen LogP contribution in [0.2, 0.25) is 0 Å². The lowest BCUT2D eigenvalue weighted by atomic mass is 9.97. The lowest BCUT2D eigenvalue weighted by Crippen LogP contribution is -2.44. The van der Waals surface area contributed by atoms with Gasteiger partial charge in [-0.15, -0.1) is 0 Å². The maximum Gasteiger partial charge on any atom is 0.243 e. The number of benzene rings is 2. The van der Waals surface area contributed by atoms with E-state index in [1.165, 1.54) is 4.31 Å². The van der Waals surface area contributed by atoms with Crippen LogP contribution in [0.5, 0.6) is 5.75 Å². The summed E-state index contributed by atoms with van der Waals surface area (Å²) in [6.07, 6.45) is 0.730. The van der Waals surface area contributed by atoms with Crippen LogP contribution >= 0.6 is 0 Å². The summed E-state index contributed by atoms with van der Waals surface area (Å²) < 4.78 is 59.0. The number of likely N-dealkylation sites (N-methyl/N-ethyl adjacent to an activating group) is 1. The largest absolute Gasteiger partial charge is 0.492 e. The molecule has 0 unspecified atom stereocenters. The number of nitrogens with zero attached hydrogens (tertiary/aromatic N) is 2. The molecule has 32 heavy (non-hydrogen) atoms. The molecule has 1 heterocycles. The second-order valence-corrected chi connectivity index (χ2v) is 10.1. The minimum absolute atomic E-state index is 0.0566.